The summed E-state index contributed by atoms with van der Waals surface area (Å²) in [5, 5.41) is 0.589. The summed E-state index contributed by atoms with van der Waals surface area (Å²) in [5.74, 6) is 0.0825. The molecule has 4 rings (SSSR count). The third-order valence-corrected chi connectivity index (χ3v) is 5.47. The normalized spacial score (nSPS) is 11.1. The zero-order valence-electron chi connectivity index (χ0n) is 15.7. The van der Waals surface area contributed by atoms with Crippen molar-refractivity contribution in [1.29, 1.82) is 0 Å². The number of fused-ring (bicyclic) bond motifs is 1. The van der Waals surface area contributed by atoms with Crippen LogP contribution in [0.5, 0.6) is 0 Å². The first kappa shape index (κ1) is 19.0. The van der Waals surface area contributed by atoms with E-state index in [0.717, 1.165) is 10.3 Å². The van der Waals surface area contributed by atoms with Gasteiger partial charge in [0.25, 0.3) is 5.56 Å². The third kappa shape index (κ3) is 3.44. The molecule has 0 amide bonds. The van der Waals surface area contributed by atoms with Crippen LogP contribution in [0.15, 0.2) is 63.3 Å². The average Bonchev–Trinajstić information content (AvgIpc) is 2.75. The van der Waals surface area contributed by atoms with Crippen molar-refractivity contribution in [2.75, 3.05) is 0 Å². The van der Waals surface area contributed by atoms with Gasteiger partial charge in [0.05, 0.1) is 11.3 Å². The maximum atomic E-state index is 14.3. The molecule has 3 aromatic heterocycles. The van der Waals surface area contributed by atoms with Crippen molar-refractivity contribution in [2.24, 2.45) is 14.1 Å². The van der Waals surface area contributed by atoms with Crippen LogP contribution in [-0.2, 0) is 19.8 Å². The molecule has 0 atom stereocenters. The average molecular weight is 409 g/mol. The van der Waals surface area contributed by atoms with Crippen LogP contribution in [0, 0.1) is 5.82 Å². The van der Waals surface area contributed by atoms with Crippen LogP contribution in [0.25, 0.3) is 22.4 Å². The van der Waals surface area contributed by atoms with E-state index >= 15 is 0 Å². The van der Waals surface area contributed by atoms with Crippen molar-refractivity contribution in [3.63, 3.8) is 0 Å². The van der Waals surface area contributed by atoms with Gasteiger partial charge >= 0.3 is 5.69 Å². The Kier molecular flexibility index (Phi) is 4.98. The Morgan fingerprint density at radius 2 is 1.76 bits per heavy atom. The quantitative estimate of drug-likeness (QED) is 0.381. The summed E-state index contributed by atoms with van der Waals surface area (Å²) < 4.78 is 16.6. The van der Waals surface area contributed by atoms with E-state index < -0.39 is 17.1 Å². The Labute approximate surface area is 168 Å². The SMILES string of the molecule is Cn1c(=O)c2c(SCc3ccccn3)nc(-c3ccccc3F)nc2n(C)c1=O. The molecule has 4 aromatic rings. The maximum absolute atomic E-state index is 14.3. The van der Waals surface area contributed by atoms with Gasteiger partial charge in [0, 0.05) is 26.0 Å². The van der Waals surface area contributed by atoms with Crippen LogP contribution in [0.4, 0.5) is 4.39 Å². The molecule has 0 aliphatic rings. The van der Waals surface area contributed by atoms with Gasteiger partial charge in [-0.05, 0) is 24.3 Å². The lowest BCUT2D eigenvalue weighted by atomic mass is 10.2. The number of benzene rings is 1. The van der Waals surface area contributed by atoms with Gasteiger partial charge in [-0.2, -0.15) is 0 Å². The van der Waals surface area contributed by atoms with Gasteiger partial charge in [0.1, 0.15) is 16.2 Å². The summed E-state index contributed by atoms with van der Waals surface area (Å²) >= 11 is 1.29. The molecule has 0 unspecified atom stereocenters. The molecule has 9 heteroatoms. The highest BCUT2D eigenvalue weighted by molar-refractivity contribution is 7.98. The first-order chi connectivity index (χ1) is 14.0. The summed E-state index contributed by atoms with van der Waals surface area (Å²) in [4.78, 5) is 38.3. The van der Waals surface area contributed by atoms with Gasteiger partial charge in [-0.3, -0.25) is 18.9 Å². The molecule has 0 aliphatic heterocycles. The fraction of sp³-hybridized carbons (Fsp3) is 0.150. The van der Waals surface area contributed by atoms with E-state index in [2.05, 4.69) is 15.0 Å². The van der Waals surface area contributed by atoms with Crippen molar-refractivity contribution >= 4 is 22.8 Å². The Hall–Kier alpha value is -3.33. The van der Waals surface area contributed by atoms with Crippen molar-refractivity contribution < 1.29 is 4.39 Å². The standard InChI is InChI=1S/C20H16FN5O2S/c1-25-17-15(19(27)26(2)20(25)28)18(29-11-12-7-5-6-10-22-12)24-16(23-17)13-8-3-4-9-14(13)21/h3-10H,11H2,1-2H3. The molecule has 0 spiro atoms. The lowest BCUT2D eigenvalue weighted by molar-refractivity contribution is 0.629. The van der Waals surface area contributed by atoms with Crippen molar-refractivity contribution in [2.45, 2.75) is 10.8 Å². The molecule has 0 aliphatic carbocycles. The van der Waals surface area contributed by atoms with E-state index in [9.17, 15) is 14.0 Å². The molecule has 0 saturated heterocycles. The molecule has 0 fully saturated rings. The second-order valence-electron chi connectivity index (χ2n) is 6.35. The molecule has 7 nitrogen and oxygen atoms in total. The molecule has 1 aromatic carbocycles. The number of aryl methyl sites for hydroxylation is 1. The van der Waals surface area contributed by atoms with Gasteiger partial charge in [0.2, 0.25) is 0 Å². The number of hydrogen-bond acceptors (Lipinski definition) is 6. The fourth-order valence-electron chi connectivity index (χ4n) is 2.92. The minimum absolute atomic E-state index is 0.113. The second kappa shape index (κ2) is 7.59. The summed E-state index contributed by atoms with van der Waals surface area (Å²) in [7, 11) is 2.93. The van der Waals surface area contributed by atoms with Crippen LogP contribution in [0.3, 0.4) is 0 Å². The summed E-state index contributed by atoms with van der Waals surface area (Å²) in [6.07, 6.45) is 1.68. The number of nitrogens with zero attached hydrogens (tertiary/aromatic N) is 5. The van der Waals surface area contributed by atoms with Gasteiger partial charge < -0.3 is 0 Å². The molecule has 146 valence electrons. The molecule has 0 saturated carbocycles. The molecule has 3 heterocycles. The molecule has 0 radical (unpaired) electrons. The summed E-state index contributed by atoms with van der Waals surface area (Å²) in [5.41, 5.74) is 0.156. The van der Waals surface area contributed by atoms with E-state index in [0.29, 0.717) is 10.8 Å². The van der Waals surface area contributed by atoms with Crippen molar-refractivity contribution in [3.8, 4) is 11.4 Å². The minimum Gasteiger partial charge on any atom is -0.280 e. The predicted molar refractivity (Wildman–Crippen MR) is 109 cm³/mol. The smallest absolute Gasteiger partial charge is 0.280 e. The van der Waals surface area contributed by atoms with E-state index in [-0.39, 0.29) is 22.4 Å². The fourth-order valence-corrected chi connectivity index (χ4v) is 3.85. The van der Waals surface area contributed by atoms with Gasteiger partial charge in [-0.15, -0.1) is 0 Å². The van der Waals surface area contributed by atoms with E-state index in [4.69, 9.17) is 0 Å². The number of halogens is 1. The monoisotopic (exact) mass is 409 g/mol. The zero-order chi connectivity index (χ0) is 20.5. The van der Waals surface area contributed by atoms with Crippen molar-refractivity contribution in [3.05, 3.63) is 81.0 Å². The highest BCUT2D eigenvalue weighted by Crippen LogP contribution is 2.28. The summed E-state index contributed by atoms with van der Waals surface area (Å²) in [6.45, 7) is 0. The lowest BCUT2D eigenvalue weighted by Gasteiger charge is -2.12. The Bertz CT molecular complexity index is 1330. The third-order valence-electron chi connectivity index (χ3n) is 4.46. The first-order valence-corrected chi connectivity index (χ1v) is 9.71. The van der Waals surface area contributed by atoms with Crippen LogP contribution < -0.4 is 11.2 Å². The molecule has 29 heavy (non-hydrogen) atoms. The molecular formula is C20H16FN5O2S. The topological polar surface area (TPSA) is 82.7 Å². The van der Waals surface area contributed by atoms with E-state index in [1.165, 1.54) is 36.5 Å². The maximum Gasteiger partial charge on any atom is 0.332 e. The van der Waals surface area contributed by atoms with Crippen LogP contribution in [0.1, 0.15) is 5.69 Å². The van der Waals surface area contributed by atoms with E-state index in [1.54, 1.807) is 24.4 Å². The number of thioether (sulfide) groups is 1. The Balaban J connectivity index is 1.97. The summed E-state index contributed by atoms with van der Waals surface area (Å²) in [6, 6.07) is 11.7. The largest absolute Gasteiger partial charge is 0.332 e. The predicted octanol–water partition coefficient (Wildman–Crippen LogP) is 2.52. The Morgan fingerprint density at radius 1 is 1.00 bits per heavy atom. The number of rotatable bonds is 4. The van der Waals surface area contributed by atoms with Crippen molar-refractivity contribution in [1.82, 2.24) is 24.1 Å². The van der Waals surface area contributed by atoms with Gasteiger partial charge in [0.15, 0.2) is 11.5 Å². The van der Waals surface area contributed by atoms with Crippen LogP contribution in [-0.4, -0.2) is 24.1 Å². The molecule has 0 N–H and O–H groups in total. The highest BCUT2D eigenvalue weighted by atomic mass is 32.2. The number of hydrogen-bond donors (Lipinski definition) is 0. The number of pyridine rings is 1. The number of aromatic nitrogens is 5. The Morgan fingerprint density at radius 3 is 2.48 bits per heavy atom. The second-order valence-corrected chi connectivity index (χ2v) is 7.31. The van der Waals surface area contributed by atoms with Gasteiger partial charge in [-0.1, -0.05) is 30.0 Å². The minimum atomic E-state index is -0.513. The first-order valence-electron chi connectivity index (χ1n) is 8.72. The van der Waals surface area contributed by atoms with Gasteiger partial charge in [-0.25, -0.2) is 19.2 Å². The van der Waals surface area contributed by atoms with Crippen LogP contribution >= 0.6 is 11.8 Å². The molecule has 0 bridgehead atoms. The molecular weight excluding hydrogens is 393 g/mol. The van der Waals surface area contributed by atoms with E-state index in [1.807, 2.05) is 18.2 Å². The highest BCUT2D eigenvalue weighted by Gasteiger charge is 2.19. The lowest BCUT2D eigenvalue weighted by Crippen LogP contribution is -2.37. The van der Waals surface area contributed by atoms with Crippen LogP contribution in [0.2, 0.25) is 0 Å². The zero-order valence-corrected chi connectivity index (χ0v) is 16.5.